The Morgan fingerprint density at radius 1 is 1.06 bits per heavy atom. The normalized spacial score (nSPS) is 31.0. The molecule has 1 aliphatic heterocycles. The second-order valence-corrected chi connectivity index (χ2v) is 14.0. The van der Waals surface area contributed by atoms with E-state index in [0.717, 1.165) is 49.1 Å². The highest BCUT2D eigenvalue weighted by molar-refractivity contribution is 7.89. The summed E-state index contributed by atoms with van der Waals surface area (Å²) in [6.45, 7) is 1.09. The molecule has 2 heterocycles. The minimum Gasteiger partial charge on any atom is -0.298 e. The average molecular weight is 500 g/mol. The summed E-state index contributed by atoms with van der Waals surface area (Å²) in [4.78, 5) is 17.9. The third kappa shape index (κ3) is 4.33. The van der Waals surface area contributed by atoms with Crippen molar-refractivity contribution in [1.82, 2.24) is 9.29 Å². The monoisotopic (exact) mass is 499 g/mol. The van der Waals surface area contributed by atoms with Crippen molar-refractivity contribution in [2.24, 2.45) is 23.2 Å². The van der Waals surface area contributed by atoms with Gasteiger partial charge in [0.05, 0.1) is 10.6 Å². The number of rotatable bonds is 6. The van der Waals surface area contributed by atoms with E-state index in [1.807, 2.05) is 0 Å². The van der Waals surface area contributed by atoms with Crippen LogP contribution in [-0.4, -0.2) is 36.7 Å². The molecule has 4 saturated carbocycles. The van der Waals surface area contributed by atoms with Crippen LogP contribution in [0.3, 0.4) is 0 Å². The number of piperidine rings is 1. The number of carbonyl (C=O) groups excluding carboxylic acids is 1. The first-order valence-electron chi connectivity index (χ1n) is 12.7. The average Bonchev–Trinajstić information content (AvgIpc) is 3.24. The molecule has 5 aliphatic rings. The molecule has 1 aromatic heterocycles. The maximum atomic E-state index is 13.0. The molecule has 2 aromatic rings. The zero-order valence-corrected chi connectivity index (χ0v) is 21.2. The highest BCUT2D eigenvalue weighted by Crippen LogP contribution is 2.61. The SMILES string of the molecule is O=C(Nc1nc(CC23CC4CC(CC(C4)C2)C3)cs1)c1cccc(S(=O)(=O)N2CCCCC2)c1. The molecule has 0 radical (unpaired) electrons. The molecule has 0 unspecified atom stereocenters. The van der Waals surface area contributed by atoms with Crippen LogP contribution in [0.25, 0.3) is 0 Å². The summed E-state index contributed by atoms with van der Waals surface area (Å²) in [6.07, 6.45) is 12.2. The lowest BCUT2D eigenvalue weighted by Crippen LogP contribution is -2.47. The second kappa shape index (κ2) is 8.71. The van der Waals surface area contributed by atoms with Crippen molar-refractivity contribution in [1.29, 1.82) is 0 Å². The number of benzene rings is 1. The molecular weight excluding hydrogens is 466 g/mol. The van der Waals surface area contributed by atoms with Gasteiger partial charge in [-0.2, -0.15) is 4.31 Å². The molecule has 1 aromatic carbocycles. The van der Waals surface area contributed by atoms with Gasteiger partial charge in [-0.05, 0) is 99.2 Å². The first-order chi connectivity index (χ1) is 16.4. The van der Waals surface area contributed by atoms with Gasteiger partial charge < -0.3 is 0 Å². The molecule has 4 aliphatic carbocycles. The Hall–Kier alpha value is -1.77. The van der Waals surface area contributed by atoms with Crippen molar-refractivity contribution in [3.63, 3.8) is 0 Å². The summed E-state index contributed by atoms with van der Waals surface area (Å²) in [5, 5.41) is 5.59. The Kier molecular flexibility index (Phi) is 5.81. The highest BCUT2D eigenvalue weighted by Gasteiger charge is 2.50. The van der Waals surface area contributed by atoms with Crippen LogP contribution in [0.2, 0.25) is 0 Å². The number of nitrogens with zero attached hydrogens (tertiary/aromatic N) is 2. The minimum absolute atomic E-state index is 0.184. The molecule has 1 saturated heterocycles. The van der Waals surface area contributed by atoms with E-state index in [1.165, 1.54) is 60.2 Å². The Morgan fingerprint density at radius 2 is 1.74 bits per heavy atom. The molecule has 4 bridgehead atoms. The number of amides is 1. The smallest absolute Gasteiger partial charge is 0.257 e. The molecule has 0 spiro atoms. The molecular formula is C26H33N3O3S2. The molecule has 7 rings (SSSR count). The van der Waals surface area contributed by atoms with Crippen LogP contribution >= 0.6 is 11.3 Å². The Labute approximate surface area is 206 Å². The van der Waals surface area contributed by atoms with Crippen LogP contribution in [0, 0.1) is 23.2 Å². The lowest BCUT2D eigenvalue weighted by atomic mass is 9.48. The van der Waals surface area contributed by atoms with E-state index < -0.39 is 10.0 Å². The number of anilines is 1. The van der Waals surface area contributed by atoms with Gasteiger partial charge in [0, 0.05) is 24.0 Å². The molecule has 1 amide bonds. The number of aromatic nitrogens is 1. The van der Waals surface area contributed by atoms with Crippen molar-refractivity contribution in [2.75, 3.05) is 18.4 Å². The third-order valence-corrected chi connectivity index (χ3v) is 11.2. The van der Waals surface area contributed by atoms with Crippen molar-refractivity contribution in [3.05, 3.63) is 40.9 Å². The summed E-state index contributed by atoms with van der Waals surface area (Å²) < 4.78 is 27.6. The van der Waals surface area contributed by atoms with E-state index in [2.05, 4.69) is 10.7 Å². The van der Waals surface area contributed by atoms with E-state index in [-0.39, 0.29) is 10.8 Å². The Balaban J connectivity index is 1.13. The van der Waals surface area contributed by atoms with E-state index >= 15 is 0 Å². The van der Waals surface area contributed by atoms with Gasteiger partial charge in [-0.15, -0.1) is 11.3 Å². The lowest BCUT2D eigenvalue weighted by Gasteiger charge is -2.56. The summed E-state index contributed by atoms with van der Waals surface area (Å²) in [6, 6.07) is 6.37. The number of thiazole rings is 1. The fraction of sp³-hybridized carbons (Fsp3) is 0.615. The van der Waals surface area contributed by atoms with Crippen molar-refractivity contribution >= 4 is 32.4 Å². The molecule has 8 heteroatoms. The number of sulfonamides is 1. The zero-order chi connectivity index (χ0) is 23.3. The van der Waals surface area contributed by atoms with Gasteiger partial charge in [0.2, 0.25) is 10.0 Å². The zero-order valence-electron chi connectivity index (χ0n) is 19.5. The number of hydrogen-bond donors (Lipinski definition) is 1. The molecule has 5 fully saturated rings. The molecule has 34 heavy (non-hydrogen) atoms. The predicted octanol–water partition coefficient (Wildman–Crippen LogP) is 5.33. The van der Waals surface area contributed by atoms with E-state index in [0.29, 0.717) is 29.2 Å². The standard InChI is InChI=1S/C26H33N3O3S2/c30-24(21-5-4-6-23(12-21)34(31,32)29-7-2-1-3-8-29)28-25-27-22(17-33-25)16-26-13-18-9-19(14-26)11-20(10-18)15-26/h4-6,12,17-20H,1-3,7-11,13-16H2,(H,27,28,30). The second-order valence-electron chi connectivity index (χ2n) is 11.2. The molecule has 1 N–H and O–H groups in total. The summed E-state index contributed by atoms with van der Waals surface area (Å²) in [5.41, 5.74) is 1.85. The summed E-state index contributed by atoms with van der Waals surface area (Å²) in [5.74, 6) is 2.43. The minimum atomic E-state index is -3.57. The van der Waals surface area contributed by atoms with Crippen LogP contribution in [-0.2, 0) is 16.4 Å². The van der Waals surface area contributed by atoms with Crippen LogP contribution in [0.5, 0.6) is 0 Å². The fourth-order valence-corrected chi connectivity index (χ4v) is 9.83. The van der Waals surface area contributed by atoms with Crippen LogP contribution in [0.1, 0.15) is 73.8 Å². The Bertz CT molecular complexity index is 1150. The van der Waals surface area contributed by atoms with Gasteiger partial charge in [0.1, 0.15) is 0 Å². The predicted molar refractivity (Wildman–Crippen MR) is 133 cm³/mol. The first kappa shape index (κ1) is 22.7. The van der Waals surface area contributed by atoms with Gasteiger partial charge >= 0.3 is 0 Å². The van der Waals surface area contributed by atoms with E-state index in [1.54, 1.807) is 18.2 Å². The van der Waals surface area contributed by atoms with Crippen LogP contribution in [0.15, 0.2) is 34.5 Å². The fourth-order valence-electron chi connectivity index (χ4n) is 7.56. The van der Waals surface area contributed by atoms with Crippen molar-refractivity contribution in [2.45, 2.75) is 69.1 Å². The molecule has 182 valence electrons. The molecule has 6 nitrogen and oxygen atoms in total. The third-order valence-electron chi connectivity index (χ3n) is 8.54. The van der Waals surface area contributed by atoms with E-state index in [4.69, 9.17) is 4.98 Å². The van der Waals surface area contributed by atoms with Crippen molar-refractivity contribution < 1.29 is 13.2 Å². The van der Waals surface area contributed by atoms with Gasteiger partial charge in [0.15, 0.2) is 5.13 Å². The van der Waals surface area contributed by atoms with Gasteiger partial charge in [-0.1, -0.05) is 12.5 Å². The van der Waals surface area contributed by atoms with Gasteiger partial charge in [0.25, 0.3) is 5.91 Å². The van der Waals surface area contributed by atoms with Crippen LogP contribution in [0.4, 0.5) is 5.13 Å². The first-order valence-corrected chi connectivity index (χ1v) is 15.1. The van der Waals surface area contributed by atoms with E-state index in [9.17, 15) is 13.2 Å². The number of hydrogen-bond acceptors (Lipinski definition) is 5. The van der Waals surface area contributed by atoms with Crippen LogP contribution < -0.4 is 5.32 Å². The number of nitrogens with one attached hydrogen (secondary N) is 1. The largest absolute Gasteiger partial charge is 0.298 e. The highest BCUT2D eigenvalue weighted by atomic mass is 32.2. The van der Waals surface area contributed by atoms with Gasteiger partial charge in [-0.3, -0.25) is 10.1 Å². The maximum absolute atomic E-state index is 13.0. The Morgan fingerprint density at radius 3 is 2.41 bits per heavy atom. The maximum Gasteiger partial charge on any atom is 0.257 e. The summed E-state index contributed by atoms with van der Waals surface area (Å²) >= 11 is 1.46. The van der Waals surface area contributed by atoms with Gasteiger partial charge in [-0.25, -0.2) is 13.4 Å². The quantitative estimate of drug-likeness (QED) is 0.583. The lowest BCUT2D eigenvalue weighted by molar-refractivity contribution is -0.0525. The number of carbonyl (C=O) groups is 1. The van der Waals surface area contributed by atoms with Crippen molar-refractivity contribution in [3.8, 4) is 0 Å². The summed E-state index contributed by atoms with van der Waals surface area (Å²) in [7, 11) is -3.57. The topological polar surface area (TPSA) is 79.4 Å². The molecule has 0 atom stereocenters.